The SMILES string of the molecule is CCC(C)OC1CCCCCC1. The van der Waals surface area contributed by atoms with Gasteiger partial charge < -0.3 is 4.74 Å². The first-order chi connectivity index (χ1) is 5.83. The lowest BCUT2D eigenvalue weighted by Gasteiger charge is -2.19. The van der Waals surface area contributed by atoms with Gasteiger partial charge >= 0.3 is 0 Å². The van der Waals surface area contributed by atoms with Gasteiger partial charge in [-0.15, -0.1) is 0 Å². The molecule has 1 heteroatoms. The summed E-state index contributed by atoms with van der Waals surface area (Å²) in [6, 6.07) is 0. The van der Waals surface area contributed by atoms with Gasteiger partial charge in [0, 0.05) is 0 Å². The Morgan fingerprint density at radius 1 is 1.17 bits per heavy atom. The van der Waals surface area contributed by atoms with E-state index in [1.807, 2.05) is 0 Å². The van der Waals surface area contributed by atoms with Crippen molar-refractivity contribution in [3.8, 4) is 0 Å². The van der Waals surface area contributed by atoms with Gasteiger partial charge in [-0.1, -0.05) is 32.6 Å². The molecule has 0 aliphatic heterocycles. The van der Waals surface area contributed by atoms with Crippen LogP contribution in [0.15, 0.2) is 0 Å². The second kappa shape index (κ2) is 5.58. The van der Waals surface area contributed by atoms with E-state index in [0.29, 0.717) is 12.2 Å². The van der Waals surface area contributed by atoms with Gasteiger partial charge in [0.05, 0.1) is 12.2 Å². The van der Waals surface area contributed by atoms with Crippen LogP contribution in [0.1, 0.15) is 58.8 Å². The maximum absolute atomic E-state index is 5.92. The Bertz CT molecular complexity index is 104. The van der Waals surface area contributed by atoms with E-state index in [0.717, 1.165) is 6.42 Å². The van der Waals surface area contributed by atoms with Crippen molar-refractivity contribution in [2.45, 2.75) is 71.0 Å². The normalized spacial score (nSPS) is 23.5. The molecule has 1 aliphatic carbocycles. The molecule has 0 aromatic rings. The lowest BCUT2D eigenvalue weighted by molar-refractivity contribution is -0.0110. The maximum atomic E-state index is 5.92. The largest absolute Gasteiger partial charge is 0.375 e. The summed E-state index contributed by atoms with van der Waals surface area (Å²) in [4.78, 5) is 0. The lowest BCUT2D eigenvalue weighted by atomic mass is 10.1. The molecule has 0 spiro atoms. The van der Waals surface area contributed by atoms with E-state index < -0.39 is 0 Å². The van der Waals surface area contributed by atoms with Gasteiger partial charge in [-0.2, -0.15) is 0 Å². The highest BCUT2D eigenvalue weighted by molar-refractivity contribution is 4.65. The topological polar surface area (TPSA) is 9.23 Å². The third-order valence-corrected chi connectivity index (χ3v) is 2.80. The molecule has 1 rings (SSSR count). The van der Waals surface area contributed by atoms with Crippen LogP contribution in [0.4, 0.5) is 0 Å². The van der Waals surface area contributed by atoms with Crippen LogP contribution in [0, 0.1) is 0 Å². The molecule has 1 unspecified atom stereocenters. The number of ether oxygens (including phenoxy) is 1. The van der Waals surface area contributed by atoms with E-state index in [1.54, 1.807) is 0 Å². The minimum absolute atomic E-state index is 0.466. The molecule has 0 aromatic heterocycles. The van der Waals surface area contributed by atoms with E-state index >= 15 is 0 Å². The molecule has 0 aromatic carbocycles. The molecule has 0 N–H and O–H groups in total. The van der Waals surface area contributed by atoms with Gasteiger partial charge in [-0.05, 0) is 26.2 Å². The third-order valence-electron chi connectivity index (χ3n) is 2.80. The minimum Gasteiger partial charge on any atom is -0.375 e. The molecule has 12 heavy (non-hydrogen) atoms. The summed E-state index contributed by atoms with van der Waals surface area (Å²) in [5, 5.41) is 0. The van der Waals surface area contributed by atoms with Crippen molar-refractivity contribution in [2.75, 3.05) is 0 Å². The summed E-state index contributed by atoms with van der Waals surface area (Å²) >= 11 is 0. The molecular formula is C11H22O. The highest BCUT2D eigenvalue weighted by Gasteiger charge is 2.14. The zero-order valence-corrected chi connectivity index (χ0v) is 8.51. The summed E-state index contributed by atoms with van der Waals surface area (Å²) in [6.07, 6.45) is 10.4. The van der Waals surface area contributed by atoms with E-state index in [-0.39, 0.29) is 0 Å². The van der Waals surface area contributed by atoms with Crippen LogP contribution in [0.3, 0.4) is 0 Å². The summed E-state index contributed by atoms with van der Waals surface area (Å²) in [5.41, 5.74) is 0. The molecule has 0 heterocycles. The molecule has 0 saturated heterocycles. The van der Waals surface area contributed by atoms with Crippen LogP contribution >= 0.6 is 0 Å². The van der Waals surface area contributed by atoms with Gasteiger partial charge in [0.25, 0.3) is 0 Å². The number of hydrogen-bond acceptors (Lipinski definition) is 1. The Labute approximate surface area is 76.5 Å². The Balaban J connectivity index is 2.20. The fourth-order valence-corrected chi connectivity index (χ4v) is 1.80. The quantitative estimate of drug-likeness (QED) is 0.589. The molecular weight excluding hydrogens is 148 g/mol. The van der Waals surface area contributed by atoms with E-state index in [9.17, 15) is 0 Å². The van der Waals surface area contributed by atoms with Crippen LogP contribution < -0.4 is 0 Å². The second-order valence-corrected chi connectivity index (χ2v) is 3.97. The van der Waals surface area contributed by atoms with Crippen molar-refractivity contribution in [1.82, 2.24) is 0 Å². The Morgan fingerprint density at radius 3 is 2.25 bits per heavy atom. The molecule has 1 fully saturated rings. The molecule has 1 atom stereocenters. The van der Waals surface area contributed by atoms with Crippen LogP contribution in [0.5, 0.6) is 0 Å². The van der Waals surface area contributed by atoms with Crippen LogP contribution in [-0.4, -0.2) is 12.2 Å². The molecule has 1 aliphatic rings. The fraction of sp³-hybridized carbons (Fsp3) is 1.00. The highest BCUT2D eigenvalue weighted by Crippen LogP contribution is 2.21. The molecule has 1 saturated carbocycles. The number of rotatable bonds is 3. The fourth-order valence-electron chi connectivity index (χ4n) is 1.80. The molecule has 0 radical (unpaired) electrons. The van der Waals surface area contributed by atoms with Gasteiger partial charge in [0.15, 0.2) is 0 Å². The third kappa shape index (κ3) is 3.57. The predicted octanol–water partition coefficient (Wildman–Crippen LogP) is 3.52. The minimum atomic E-state index is 0.466. The second-order valence-electron chi connectivity index (χ2n) is 3.97. The molecule has 1 nitrogen and oxygen atoms in total. The zero-order valence-electron chi connectivity index (χ0n) is 8.51. The first-order valence-electron chi connectivity index (χ1n) is 5.48. The molecule has 0 amide bonds. The zero-order chi connectivity index (χ0) is 8.81. The monoisotopic (exact) mass is 170 g/mol. The summed E-state index contributed by atoms with van der Waals surface area (Å²) in [6.45, 7) is 4.38. The Morgan fingerprint density at radius 2 is 1.75 bits per heavy atom. The van der Waals surface area contributed by atoms with Crippen molar-refractivity contribution >= 4 is 0 Å². The number of hydrogen-bond donors (Lipinski definition) is 0. The first kappa shape index (κ1) is 10.0. The Kier molecular flexibility index (Phi) is 4.67. The van der Waals surface area contributed by atoms with Crippen molar-refractivity contribution in [3.05, 3.63) is 0 Å². The van der Waals surface area contributed by atoms with Crippen molar-refractivity contribution in [3.63, 3.8) is 0 Å². The maximum Gasteiger partial charge on any atom is 0.0578 e. The lowest BCUT2D eigenvalue weighted by Crippen LogP contribution is -2.18. The smallest absolute Gasteiger partial charge is 0.0578 e. The van der Waals surface area contributed by atoms with Crippen LogP contribution in [0.2, 0.25) is 0 Å². The average molecular weight is 170 g/mol. The summed E-state index contributed by atoms with van der Waals surface area (Å²) < 4.78 is 5.92. The molecule has 72 valence electrons. The highest BCUT2D eigenvalue weighted by atomic mass is 16.5. The van der Waals surface area contributed by atoms with Crippen molar-refractivity contribution < 1.29 is 4.74 Å². The Hall–Kier alpha value is -0.0400. The van der Waals surface area contributed by atoms with E-state index in [4.69, 9.17) is 4.74 Å². The van der Waals surface area contributed by atoms with E-state index in [2.05, 4.69) is 13.8 Å². The standard InChI is InChI=1S/C11H22O/c1-3-10(2)12-11-8-6-4-5-7-9-11/h10-11H,3-9H2,1-2H3. The summed E-state index contributed by atoms with van der Waals surface area (Å²) in [7, 11) is 0. The van der Waals surface area contributed by atoms with E-state index in [1.165, 1.54) is 38.5 Å². The molecule has 0 bridgehead atoms. The van der Waals surface area contributed by atoms with Gasteiger partial charge in [0.2, 0.25) is 0 Å². The van der Waals surface area contributed by atoms with Crippen molar-refractivity contribution in [1.29, 1.82) is 0 Å². The average Bonchev–Trinajstić information content (AvgIpc) is 2.33. The van der Waals surface area contributed by atoms with Gasteiger partial charge in [0.1, 0.15) is 0 Å². The van der Waals surface area contributed by atoms with Crippen molar-refractivity contribution in [2.24, 2.45) is 0 Å². The van der Waals surface area contributed by atoms with Crippen LogP contribution in [0.25, 0.3) is 0 Å². The first-order valence-corrected chi connectivity index (χ1v) is 5.48. The summed E-state index contributed by atoms with van der Waals surface area (Å²) in [5.74, 6) is 0. The van der Waals surface area contributed by atoms with Gasteiger partial charge in [-0.25, -0.2) is 0 Å². The van der Waals surface area contributed by atoms with Gasteiger partial charge in [-0.3, -0.25) is 0 Å². The predicted molar refractivity (Wildman–Crippen MR) is 52.3 cm³/mol. The van der Waals surface area contributed by atoms with Crippen LogP contribution in [-0.2, 0) is 4.74 Å².